The van der Waals surface area contributed by atoms with Crippen LogP contribution in [-0.4, -0.2) is 17.7 Å². The second kappa shape index (κ2) is 8.72. The Morgan fingerprint density at radius 1 is 1.22 bits per heavy atom. The molecule has 1 amide bonds. The summed E-state index contributed by atoms with van der Waals surface area (Å²) >= 11 is 5.74. The molecule has 0 heterocycles. The topological polar surface area (TPSA) is 58.6 Å². The molecule has 2 N–H and O–H groups in total. The average molecular weight is 330 g/mol. The predicted molar refractivity (Wildman–Crippen MR) is 89.2 cm³/mol. The zero-order valence-corrected chi connectivity index (χ0v) is 13.1. The summed E-state index contributed by atoms with van der Waals surface area (Å²) in [5.41, 5.74) is 1.43. The molecule has 0 fully saturated rings. The van der Waals surface area contributed by atoms with E-state index in [-0.39, 0.29) is 12.4 Å². The summed E-state index contributed by atoms with van der Waals surface area (Å²) in [5, 5.41) is 12.7. The molecule has 5 heteroatoms. The highest BCUT2D eigenvalue weighted by atomic mass is 35.5. The zero-order valence-electron chi connectivity index (χ0n) is 12.4. The first kappa shape index (κ1) is 16.7. The van der Waals surface area contributed by atoms with Crippen molar-refractivity contribution < 1.29 is 14.6 Å². The molecule has 0 aliphatic heterocycles. The summed E-state index contributed by atoms with van der Waals surface area (Å²) in [6, 6.07) is 14.2. The third kappa shape index (κ3) is 5.93. The number of hydrogen-bond acceptors (Lipinski definition) is 3. The number of rotatable bonds is 4. The number of benzene rings is 2. The van der Waals surface area contributed by atoms with Crippen molar-refractivity contribution in [1.29, 1.82) is 0 Å². The van der Waals surface area contributed by atoms with Crippen LogP contribution in [0.15, 0.2) is 48.5 Å². The third-order valence-corrected chi connectivity index (χ3v) is 3.15. The zero-order chi connectivity index (χ0) is 16.5. The molecule has 2 rings (SSSR count). The van der Waals surface area contributed by atoms with Crippen molar-refractivity contribution in [3.8, 4) is 17.6 Å². The van der Waals surface area contributed by atoms with Crippen LogP contribution >= 0.6 is 11.6 Å². The molecule has 0 radical (unpaired) electrons. The van der Waals surface area contributed by atoms with Gasteiger partial charge in [0.1, 0.15) is 12.4 Å². The van der Waals surface area contributed by atoms with Crippen molar-refractivity contribution in [3.05, 3.63) is 64.7 Å². The number of amides is 1. The molecule has 0 aliphatic rings. The van der Waals surface area contributed by atoms with Crippen molar-refractivity contribution in [2.24, 2.45) is 0 Å². The standard InChI is InChI=1S/C18H16ClNO3/c19-16-10-9-15(17(21)12-16)8-4-5-11-20-18(22)23-13-14-6-2-1-3-7-14/h1-3,6-7,9-10,12,21H,5,11,13H2,(H,20,22). The van der Waals surface area contributed by atoms with Crippen LogP contribution in [-0.2, 0) is 11.3 Å². The Morgan fingerprint density at radius 3 is 2.74 bits per heavy atom. The van der Waals surface area contributed by atoms with E-state index in [0.717, 1.165) is 5.56 Å². The van der Waals surface area contributed by atoms with E-state index in [1.807, 2.05) is 30.3 Å². The molecule has 0 aliphatic carbocycles. The number of alkyl carbamates (subject to hydrolysis) is 1. The number of carbonyl (C=O) groups excluding carboxylic acids is 1. The Labute approximate surface area is 140 Å². The van der Waals surface area contributed by atoms with E-state index in [9.17, 15) is 9.90 Å². The van der Waals surface area contributed by atoms with Crippen molar-refractivity contribution in [3.63, 3.8) is 0 Å². The van der Waals surface area contributed by atoms with Crippen molar-refractivity contribution >= 4 is 17.7 Å². The lowest BCUT2D eigenvalue weighted by Gasteiger charge is -2.05. The van der Waals surface area contributed by atoms with Gasteiger partial charge in [-0.2, -0.15) is 0 Å². The smallest absolute Gasteiger partial charge is 0.407 e. The minimum absolute atomic E-state index is 0.0419. The summed E-state index contributed by atoms with van der Waals surface area (Å²) in [5.74, 6) is 5.73. The quantitative estimate of drug-likeness (QED) is 0.664. The fourth-order valence-electron chi connectivity index (χ4n) is 1.77. The monoisotopic (exact) mass is 329 g/mol. The highest BCUT2D eigenvalue weighted by Crippen LogP contribution is 2.20. The maximum atomic E-state index is 11.5. The van der Waals surface area contributed by atoms with Gasteiger partial charge in [-0.1, -0.05) is 53.8 Å². The van der Waals surface area contributed by atoms with Crippen molar-refractivity contribution in [2.45, 2.75) is 13.0 Å². The van der Waals surface area contributed by atoms with E-state index in [2.05, 4.69) is 17.2 Å². The lowest BCUT2D eigenvalue weighted by molar-refractivity contribution is 0.140. The number of aromatic hydroxyl groups is 1. The molecule has 2 aromatic carbocycles. The Balaban J connectivity index is 1.69. The van der Waals surface area contributed by atoms with E-state index in [4.69, 9.17) is 16.3 Å². The molecule has 23 heavy (non-hydrogen) atoms. The number of phenolic OH excluding ortho intramolecular Hbond substituents is 1. The van der Waals surface area contributed by atoms with E-state index in [1.165, 1.54) is 6.07 Å². The molecular weight excluding hydrogens is 314 g/mol. The van der Waals surface area contributed by atoms with Gasteiger partial charge in [-0.25, -0.2) is 4.79 Å². The maximum Gasteiger partial charge on any atom is 0.407 e. The molecule has 4 nitrogen and oxygen atoms in total. The third-order valence-electron chi connectivity index (χ3n) is 2.91. The number of nitrogens with one attached hydrogen (secondary N) is 1. The van der Waals surface area contributed by atoms with Gasteiger partial charge in [-0.3, -0.25) is 0 Å². The van der Waals surface area contributed by atoms with Gasteiger partial charge < -0.3 is 15.2 Å². The van der Waals surface area contributed by atoms with Gasteiger partial charge in [0.25, 0.3) is 0 Å². The molecule has 118 valence electrons. The Morgan fingerprint density at radius 2 is 2.00 bits per heavy atom. The largest absolute Gasteiger partial charge is 0.507 e. The average Bonchev–Trinajstić information content (AvgIpc) is 2.55. The summed E-state index contributed by atoms with van der Waals surface area (Å²) in [4.78, 5) is 11.5. The number of ether oxygens (including phenoxy) is 1. The van der Waals surface area contributed by atoms with Crippen LogP contribution < -0.4 is 5.32 Å². The molecule has 0 spiro atoms. The molecular formula is C18H16ClNO3. The van der Waals surface area contributed by atoms with Crippen LogP contribution in [0.2, 0.25) is 5.02 Å². The number of carbonyl (C=O) groups is 1. The van der Waals surface area contributed by atoms with Crippen LogP contribution in [0.25, 0.3) is 0 Å². The first-order chi connectivity index (χ1) is 11.1. The number of halogens is 1. The number of hydrogen-bond donors (Lipinski definition) is 2. The van der Waals surface area contributed by atoms with E-state index < -0.39 is 6.09 Å². The fraction of sp³-hybridized carbons (Fsp3) is 0.167. The SMILES string of the molecule is O=C(NCCC#Cc1ccc(Cl)cc1O)OCc1ccccc1. The first-order valence-corrected chi connectivity index (χ1v) is 7.45. The van der Waals surface area contributed by atoms with E-state index >= 15 is 0 Å². The molecule has 0 unspecified atom stereocenters. The van der Waals surface area contributed by atoms with E-state index in [1.54, 1.807) is 12.1 Å². The molecule has 0 saturated heterocycles. The first-order valence-electron chi connectivity index (χ1n) is 7.07. The van der Waals surface area contributed by atoms with Crippen LogP contribution in [0, 0.1) is 11.8 Å². The van der Waals surface area contributed by atoms with Gasteiger partial charge in [0, 0.05) is 18.0 Å². The molecule has 0 saturated carbocycles. The van der Waals surface area contributed by atoms with Gasteiger partial charge in [0.15, 0.2) is 0 Å². The number of phenols is 1. The summed E-state index contributed by atoms with van der Waals surface area (Å²) in [6.45, 7) is 0.603. The second-order valence-electron chi connectivity index (χ2n) is 4.70. The molecule has 0 atom stereocenters. The van der Waals surface area contributed by atoms with Crippen LogP contribution in [0.5, 0.6) is 5.75 Å². The molecule has 0 bridgehead atoms. The highest BCUT2D eigenvalue weighted by molar-refractivity contribution is 6.30. The van der Waals surface area contributed by atoms with Crippen molar-refractivity contribution in [2.75, 3.05) is 6.54 Å². The minimum Gasteiger partial charge on any atom is -0.507 e. The van der Waals surface area contributed by atoms with Crippen LogP contribution in [0.4, 0.5) is 4.79 Å². The van der Waals surface area contributed by atoms with Gasteiger partial charge in [0.05, 0.1) is 5.56 Å². The van der Waals surface area contributed by atoms with E-state index in [0.29, 0.717) is 23.6 Å². The minimum atomic E-state index is -0.481. The summed E-state index contributed by atoms with van der Waals surface area (Å²) in [6.07, 6.45) is -0.0346. The highest BCUT2D eigenvalue weighted by Gasteiger charge is 2.01. The van der Waals surface area contributed by atoms with Gasteiger partial charge >= 0.3 is 6.09 Å². The Kier molecular flexibility index (Phi) is 6.34. The van der Waals surface area contributed by atoms with Gasteiger partial charge in [-0.15, -0.1) is 0 Å². The van der Waals surface area contributed by atoms with Crippen LogP contribution in [0.3, 0.4) is 0 Å². The molecule has 0 aromatic heterocycles. The van der Waals surface area contributed by atoms with Gasteiger partial charge in [0.2, 0.25) is 0 Å². The maximum absolute atomic E-state index is 11.5. The summed E-state index contributed by atoms with van der Waals surface area (Å²) < 4.78 is 5.07. The normalized spacial score (nSPS) is 9.61. The molecule has 2 aromatic rings. The second-order valence-corrected chi connectivity index (χ2v) is 5.14. The van der Waals surface area contributed by atoms with Crippen molar-refractivity contribution in [1.82, 2.24) is 5.32 Å². The Hall–Kier alpha value is -2.64. The Bertz CT molecular complexity index is 720. The lowest BCUT2D eigenvalue weighted by atomic mass is 10.2. The van der Waals surface area contributed by atoms with Crippen LogP contribution in [0.1, 0.15) is 17.5 Å². The predicted octanol–water partition coefficient (Wildman–Crippen LogP) is 3.71. The fourth-order valence-corrected chi connectivity index (χ4v) is 1.94. The summed E-state index contributed by atoms with van der Waals surface area (Å²) in [7, 11) is 0. The lowest BCUT2D eigenvalue weighted by Crippen LogP contribution is -2.24. The van der Waals surface area contributed by atoms with Gasteiger partial charge in [-0.05, 0) is 23.8 Å².